The molecule has 7 nitrogen and oxygen atoms in total. The topological polar surface area (TPSA) is 85.0 Å². The first-order valence-electron chi connectivity index (χ1n) is 8.02. The van der Waals surface area contributed by atoms with Crippen molar-refractivity contribution in [2.75, 3.05) is 13.2 Å². The zero-order valence-electron chi connectivity index (χ0n) is 13.3. The largest absolute Gasteiger partial charge is 0.345 e. The summed E-state index contributed by atoms with van der Waals surface area (Å²) in [5.41, 5.74) is 9.83. The van der Waals surface area contributed by atoms with Crippen LogP contribution < -0.4 is 0 Å². The number of allylic oxidation sites excluding steroid dienone is 4. The predicted octanol–water partition coefficient (Wildman–Crippen LogP) is 3.93. The molecule has 0 N–H and O–H groups in total. The Morgan fingerprint density at radius 1 is 1.46 bits per heavy atom. The molecule has 0 amide bonds. The van der Waals surface area contributed by atoms with E-state index in [2.05, 4.69) is 21.1 Å². The molecule has 0 unspecified atom stereocenters. The van der Waals surface area contributed by atoms with Gasteiger partial charge in [0.25, 0.3) is 0 Å². The number of ether oxygens (including phenoxy) is 2. The molecule has 1 aromatic rings. The monoisotopic (exact) mass is 349 g/mol. The highest BCUT2D eigenvalue weighted by molar-refractivity contribution is 6.29. The van der Waals surface area contributed by atoms with Crippen LogP contribution in [0.15, 0.2) is 46.6 Å². The summed E-state index contributed by atoms with van der Waals surface area (Å²) in [5, 5.41) is 4.50. The molecule has 1 aliphatic carbocycles. The average Bonchev–Trinajstić information content (AvgIpc) is 3.23. The summed E-state index contributed by atoms with van der Waals surface area (Å²) in [6.07, 6.45) is 12.7. The van der Waals surface area contributed by atoms with Crippen LogP contribution in [0, 0.1) is 0 Å². The molecule has 24 heavy (non-hydrogen) atoms. The van der Waals surface area contributed by atoms with Gasteiger partial charge in [0, 0.05) is 28.8 Å². The van der Waals surface area contributed by atoms with Crippen molar-refractivity contribution >= 4 is 11.6 Å². The summed E-state index contributed by atoms with van der Waals surface area (Å²) in [4.78, 5) is 6.87. The Bertz CT molecular complexity index is 666. The highest BCUT2D eigenvalue weighted by Crippen LogP contribution is 2.34. The molecular formula is C16H20ClN5O2. The zero-order valence-corrected chi connectivity index (χ0v) is 14.1. The number of halogens is 1. The quantitative estimate of drug-likeness (QED) is 0.424. The second kappa shape index (κ2) is 7.85. The van der Waals surface area contributed by atoms with Crippen LogP contribution in [0.2, 0.25) is 0 Å². The van der Waals surface area contributed by atoms with Gasteiger partial charge in [0.1, 0.15) is 0 Å². The first kappa shape index (κ1) is 17.0. The van der Waals surface area contributed by atoms with Crippen LogP contribution in [0.5, 0.6) is 0 Å². The first-order chi connectivity index (χ1) is 11.7. The van der Waals surface area contributed by atoms with Crippen molar-refractivity contribution in [3.05, 3.63) is 51.9 Å². The van der Waals surface area contributed by atoms with Crippen LogP contribution >= 0.6 is 11.6 Å². The molecule has 0 spiro atoms. The Morgan fingerprint density at radius 3 is 3.08 bits per heavy atom. The van der Waals surface area contributed by atoms with Crippen LogP contribution in [0.25, 0.3) is 10.4 Å². The SMILES string of the molecule is [N-]=[N+]=NC[C@@H]1CO[C@@](CCC2=CC=C(Cl)CC2)(Cn2ccnc2)O1. The van der Waals surface area contributed by atoms with E-state index >= 15 is 0 Å². The number of hydrogen-bond donors (Lipinski definition) is 0. The summed E-state index contributed by atoms with van der Waals surface area (Å²) in [5.74, 6) is -0.720. The smallest absolute Gasteiger partial charge is 0.187 e. The second-order valence-electron chi connectivity index (χ2n) is 6.05. The fourth-order valence-corrected chi connectivity index (χ4v) is 3.16. The van der Waals surface area contributed by atoms with Crippen molar-refractivity contribution in [2.45, 2.75) is 44.1 Å². The van der Waals surface area contributed by atoms with Crippen LogP contribution in [0.3, 0.4) is 0 Å². The highest BCUT2D eigenvalue weighted by Gasteiger charge is 2.41. The third-order valence-electron chi connectivity index (χ3n) is 4.26. The highest BCUT2D eigenvalue weighted by atomic mass is 35.5. The number of nitrogens with zero attached hydrogens (tertiary/aromatic N) is 5. The van der Waals surface area contributed by atoms with E-state index in [9.17, 15) is 0 Å². The van der Waals surface area contributed by atoms with Crippen LogP contribution in [0.4, 0.5) is 0 Å². The number of azide groups is 1. The Labute approximate surface area is 145 Å². The van der Waals surface area contributed by atoms with Crippen LogP contribution in [-0.2, 0) is 16.0 Å². The van der Waals surface area contributed by atoms with Crippen molar-refractivity contribution in [2.24, 2.45) is 5.11 Å². The maximum atomic E-state index is 8.48. The van der Waals surface area contributed by atoms with Gasteiger partial charge in [-0.3, -0.25) is 0 Å². The molecule has 0 aromatic carbocycles. The average molecular weight is 350 g/mol. The molecule has 2 aliphatic rings. The van der Waals surface area contributed by atoms with E-state index in [4.69, 9.17) is 26.6 Å². The zero-order chi connectivity index (χ0) is 16.8. The van der Waals surface area contributed by atoms with E-state index in [-0.39, 0.29) is 12.6 Å². The fourth-order valence-electron chi connectivity index (χ4n) is 3.00. The molecule has 2 heterocycles. The molecule has 0 radical (unpaired) electrons. The van der Waals surface area contributed by atoms with Gasteiger partial charge >= 0.3 is 0 Å². The molecule has 8 heteroatoms. The molecule has 2 atom stereocenters. The molecule has 1 saturated heterocycles. The Balaban J connectivity index is 1.67. The lowest BCUT2D eigenvalue weighted by Crippen LogP contribution is -2.36. The fraction of sp³-hybridized carbons (Fsp3) is 0.562. The normalized spacial score (nSPS) is 26.6. The van der Waals surface area contributed by atoms with Gasteiger partial charge in [-0.2, -0.15) is 0 Å². The van der Waals surface area contributed by atoms with Gasteiger partial charge in [0.2, 0.25) is 0 Å². The Kier molecular flexibility index (Phi) is 5.58. The van der Waals surface area contributed by atoms with E-state index in [0.717, 1.165) is 30.7 Å². The lowest BCUT2D eigenvalue weighted by atomic mass is 9.97. The van der Waals surface area contributed by atoms with E-state index in [1.54, 1.807) is 12.5 Å². The van der Waals surface area contributed by atoms with Gasteiger partial charge in [0.05, 0.1) is 32.1 Å². The van der Waals surface area contributed by atoms with E-state index in [1.807, 2.05) is 16.8 Å². The predicted molar refractivity (Wildman–Crippen MR) is 90.3 cm³/mol. The van der Waals surface area contributed by atoms with Crippen molar-refractivity contribution in [1.29, 1.82) is 0 Å². The van der Waals surface area contributed by atoms with Gasteiger partial charge in [0.15, 0.2) is 5.79 Å². The minimum atomic E-state index is -0.720. The molecule has 1 aromatic heterocycles. The van der Waals surface area contributed by atoms with Gasteiger partial charge in [-0.15, -0.1) is 0 Å². The van der Waals surface area contributed by atoms with Gasteiger partial charge in [-0.05, 0) is 30.9 Å². The number of imidazole rings is 1. The van der Waals surface area contributed by atoms with Gasteiger partial charge in [-0.25, -0.2) is 4.98 Å². The van der Waals surface area contributed by atoms with Crippen molar-refractivity contribution in [1.82, 2.24) is 9.55 Å². The minimum absolute atomic E-state index is 0.209. The summed E-state index contributed by atoms with van der Waals surface area (Å²) < 4.78 is 14.1. The maximum absolute atomic E-state index is 8.48. The molecule has 3 rings (SSSR count). The first-order valence-corrected chi connectivity index (χ1v) is 8.39. The summed E-state index contributed by atoms with van der Waals surface area (Å²) in [6, 6.07) is 0. The summed E-state index contributed by atoms with van der Waals surface area (Å²) in [7, 11) is 0. The van der Waals surface area contributed by atoms with Gasteiger partial charge in [-0.1, -0.05) is 28.4 Å². The molecule has 1 aliphatic heterocycles. The molecule has 1 fully saturated rings. The van der Waals surface area contributed by atoms with Crippen molar-refractivity contribution in [3.63, 3.8) is 0 Å². The maximum Gasteiger partial charge on any atom is 0.187 e. The molecule has 0 bridgehead atoms. The van der Waals surface area contributed by atoms with E-state index in [0.29, 0.717) is 13.2 Å². The Hall–Kier alpha value is -1.79. The second-order valence-corrected chi connectivity index (χ2v) is 6.53. The summed E-state index contributed by atoms with van der Waals surface area (Å²) in [6.45, 7) is 1.27. The molecular weight excluding hydrogens is 330 g/mol. The number of aromatic nitrogens is 2. The Morgan fingerprint density at radius 2 is 2.38 bits per heavy atom. The number of rotatable bonds is 7. The van der Waals surface area contributed by atoms with E-state index in [1.165, 1.54) is 5.57 Å². The van der Waals surface area contributed by atoms with Crippen molar-refractivity contribution in [3.8, 4) is 0 Å². The molecule has 0 saturated carbocycles. The van der Waals surface area contributed by atoms with Crippen LogP contribution in [-0.4, -0.2) is 34.6 Å². The van der Waals surface area contributed by atoms with E-state index < -0.39 is 5.79 Å². The lowest BCUT2D eigenvalue weighted by molar-refractivity contribution is -0.181. The lowest BCUT2D eigenvalue weighted by Gasteiger charge is -2.29. The third-order valence-corrected chi connectivity index (χ3v) is 4.57. The standard InChI is InChI=1S/C16H20ClN5O2/c17-14-3-1-13(2-4-14)5-6-16(11-22-8-7-19-12-22)23-10-15(24-16)9-20-21-18/h1,3,7-8,12,15H,2,4-6,9-11H2/t15-,16-/m1/s1. The van der Waals surface area contributed by atoms with Gasteiger partial charge < -0.3 is 14.0 Å². The van der Waals surface area contributed by atoms with Crippen LogP contribution in [0.1, 0.15) is 25.7 Å². The summed E-state index contributed by atoms with van der Waals surface area (Å²) >= 11 is 6.02. The minimum Gasteiger partial charge on any atom is -0.345 e. The third kappa shape index (κ3) is 4.39. The number of hydrogen-bond acceptors (Lipinski definition) is 4. The van der Waals surface area contributed by atoms with Crippen molar-refractivity contribution < 1.29 is 9.47 Å². The molecule has 128 valence electrons.